The Hall–Kier alpha value is -1.51. The van der Waals surface area contributed by atoms with Crippen LogP contribution >= 0.6 is 15.9 Å². The third kappa shape index (κ3) is 5.46. The molecule has 0 amide bonds. The summed E-state index contributed by atoms with van der Waals surface area (Å²) in [5, 5.41) is 0.296. The van der Waals surface area contributed by atoms with Gasteiger partial charge in [-0.1, -0.05) is 34.6 Å². The van der Waals surface area contributed by atoms with Gasteiger partial charge in [0, 0.05) is 11.6 Å². The molecule has 2 rings (SSSR count). The lowest BCUT2D eigenvalue weighted by Gasteiger charge is -2.38. The number of ether oxygens (including phenoxy) is 1. The lowest BCUT2D eigenvalue weighted by atomic mass is 10.0. The molecule has 0 saturated carbocycles. The normalized spacial score (nSPS) is 13.6. The Balaban J connectivity index is 2.71. The fourth-order valence-electron chi connectivity index (χ4n) is 3.08. The monoisotopic (exact) mass is 513 g/mol. The van der Waals surface area contributed by atoms with E-state index in [4.69, 9.17) is 9.16 Å². The first kappa shape index (κ1) is 25.7. The summed E-state index contributed by atoms with van der Waals surface area (Å²) in [6.07, 6.45) is 1.50. The Labute approximate surface area is 193 Å². The van der Waals surface area contributed by atoms with Crippen LogP contribution in [-0.4, -0.2) is 32.1 Å². The Morgan fingerprint density at radius 1 is 1.26 bits per heavy atom. The molecule has 0 aliphatic rings. The van der Waals surface area contributed by atoms with Crippen molar-refractivity contribution in [3.05, 3.63) is 44.4 Å². The Bertz CT molecular complexity index is 1030. The highest BCUT2D eigenvalue weighted by Gasteiger charge is 2.38. The SMILES string of the molecule is CCOC(=O)c1cn([C@H](CO[Si](C)(C)C(C)(C)C)C(C)C)c2cc(F)c(Br)cc2c1=O. The topological polar surface area (TPSA) is 57.5 Å². The van der Waals surface area contributed by atoms with Gasteiger partial charge in [-0.2, -0.15) is 0 Å². The van der Waals surface area contributed by atoms with Crippen LogP contribution < -0.4 is 5.43 Å². The van der Waals surface area contributed by atoms with Crippen molar-refractivity contribution >= 4 is 41.1 Å². The minimum absolute atomic E-state index is 0.0349. The van der Waals surface area contributed by atoms with E-state index in [9.17, 15) is 14.0 Å². The van der Waals surface area contributed by atoms with Gasteiger partial charge in [0.2, 0.25) is 5.43 Å². The maximum atomic E-state index is 14.5. The van der Waals surface area contributed by atoms with Crippen LogP contribution in [-0.2, 0) is 9.16 Å². The number of halogens is 2. The molecule has 8 heteroatoms. The summed E-state index contributed by atoms with van der Waals surface area (Å²) in [4.78, 5) is 25.5. The third-order valence-corrected chi connectivity index (χ3v) is 11.2. The quantitative estimate of drug-likeness (QED) is 0.322. The number of fused-ring (bicyclic) bond motifs is 1. The van der Waals surface area contributed by atoms with Gasteiger partial charge in [0.1, 0.15) is 11.4 Å². The molecule has 0 radical (unpaired) electrons. The van der Waals surface area contributed by atoms with Crippen molar-refractivity contribution in [3.63, 3.8) is 0 Å². The molecule has 0 fully saturated rings. The molecule has 0 saturated heterocycles. The average molecular weight is 515 g/mol. The second-order valence-electron chi connectivity index (χ2n) is 9.67. The number of aromatic nitrogens is 1. The van der Waals surface area contributed by atoms with Crippen LogP contribution in [0.15, 0.2) is 27.6 Å². The summed E-state index contributed by atoms with van der Waals surface area (Å²) in [5.41, 5.74) is -0.111. The van der Waals surface area contributed by atoms with Gasteiger partial charge in [0.05, 0.1) is 29.2 Å². The first-order chi connectivity index (χ1) is 14.2. The van der Waals surface area contributed by atoms with Crippen molar-refractivity contribution in [3.8, 4) is 0 Å². The first-order valence-corrected chi connectivity index (χ1v) is 14.3. The highest BCUT2D eigenvalue weighted by molar-refractivity contribution is 9.10. The largest absolute Gasteiger partial charge is 0.462 e. The molecule has 1 atom stereocenters. The zero-order valence-corrected chi connectivity index (χ0v) is 22.2. The summed E-state index contributed by atoms with van der Waals surface area (Å²) in [6, 6.07) is 2.56. The van der Waals surface area contributed by atoms with E-state index in [-0.39, 0.29) is 39.0 Å². The van der Waals surface area contributed by atoms with E-state index in [1.54, 1.807) is 11.5 Å². The minimum Gasteiger partial charge on any atom is -0.462 e. The van der Waals surface area contributed by atoms with Crippen molar-refractivity contribution in [2.24, 2.45) is 5.92 Å². The second-order valence-corrected chi connectivity index (χ2v) is 15.3. The van der Waals surface area contributed by atoms with Gasteiger partial charge in [0.25, 0.3) is 0 Å². The number of benzene rings is 1. The van der Waals surface area contributed by atoms with Crippen molar-refractivity contribution in [2.45, 2.75) is 65.7 Å². The fraction of sp³-hybridized carbons (Fsp3) is 0.565. The Morgan fingerprint density at radius 3 is 2.39 bits per heavy atom. The maximum absolute atomic E-state index is 14.5. The molecular formula is C23H33BrFNO4Si. The standard InChI is InChI=1S/C23H33BrFNO4Si/c1-9-29-22(28)16-12-26(19-11-18(25)17(24)10-15(19)21(16)27)20(14(2)3)13-30-31(7,8)23(4,5)6/h10-12,14,20H,9,13H2,1-8H3/t20-/m1/s1. The summed E-state index contributed by atoms with van der Waals surface area (Å²) in [6.45, 7) is 17.2. The number of hydrogen-bond acceptors (Lipinski definition) is 4. The third-order valence-electron chi connectivity index (χ3n) is 6.12. The number of carbonyl (C=O) groups is 1. The molecular weight excluding hydrogens is 481 g/mol. The van der Waals surface area contributed by atoms with Crippen LogP contribution in [0.3, 0.4) is 0 Å². The molecule has 1 aromatic heterocycles. The van der Waals surface area contributed by atoms with Crippen LogP contribution in [0.25, 0.3) is 10.9 Å². The number of pyridine rings is 1. The average Bonchev–Trinajstić information content (AvgIpc) is 2.64. The highest BCUT2D eigenvalue weighted by Crippen LogP contribution is 2.38. The molecule has 2 aromatic rings. The summed E-state index contributed by atoms with van der Waals surface area (Å²) < 4.78 is 28.0. The van der Waals surface area contributed by atoms with Crippen molar-refractivity contribution < 1.29 is 18.3 Å². The predicted molar refractivity (Wildman–Crippen MR) is 129 cm³/mol. The van der Waals surface area contributed by atoms with Crippen molar-refractivity contribution in [1.29, 1.82) is 0 Å². The van der Waals surface area contributed by atoms with Gasteiger partial charge in [0.15, 0.2) is 8.32 Å². The van der Waals surface area contributed by atoms with E-state index in [2.05, 4.69) is 49.8 Å². The molecule has 0 bridgehead atoms. The molecule has 0 N–H and O–H groups in total. The number of carbonyl (C=O) groups excluding carboxylic acids is 1. The second kappa shape index (κ2) is 9.54. The lowest BCUT2D eigenvalue weighted by molar-refractivity contribution is 0.0523. The first-order valence-electron chi connectivity index (χ1n) is 10.6. The van der Waals surface area contributed by atoms with Gasteiger partial charge >= 0.3 is 5.97 Å². The molecule has 0 spiro atoms. The minimum atomic E-state index is -2.04. The smallest absolute Gasteiger partial charge is 0.343 e. The summed E-state index contributed by atoms with van der Waals surface area (Å²) in [5.74, 6) is -1.05. The van der Waals surface area contributed by atoms with E-state index in [0.717, 1.165) is 0 Å². The molecule has 0 aliphatic heterocycles. The van der Waals surface area contributed by atoms with E-state index < -0.39 is 25.5 Å². The summed E-state index contributed by atoms with van der Waals surface area (Å²) in [7, 11) is -2.04. The van der Waals surface area contributed by atoms with Crippen LogP contribution in [0.5, 0.6) is 0 Å². The molecule has 0 aliphatic carbocycles. The number of esters is 1. The predicted octanol–water partition coefficient (Wildman–Crippen LogP) is 6.30. The van der Waals surface area contributed by atoms with Crippen LogP contribution in [0, 0.1) is 11.7 Å². The molecule has 172 valence electrons. The van der Waals surface area contributed by atoms with Crippen LogP contribution in [0.4, 0.5) is 4.39 Å². The van der Waals surface area contributed by atoms with Crippen LogP contribution in [0.2, 0.25) is 18.1 Å². The van der Waals surface area contributed by atoms with Gasteiger partial charge in [-0.05, 0) is 59.0 Å². The molecule has 5 nitrogen and oxygen atoms in total. The Kier molecular flexibility index (Phi) is 7.93. The lowest BCUT2D eigenvalue weighted by Crippen LogP contribution is -2.42. The zero-order chi connectivity index (χ0) is 23.7. The van der Waals surface area contributed by atoms with Crippen molar-refractivity contribution in [2.75, 3.05) is 13.2 Å². The van der Waals surface area contributed by atoms with E-state index in [1.165, 1.54) is 18.3 Å². The number of rotatable bonds is 7. The highest BCUT2D eigenvalue weighted by atomic mass is 79.9. The maximum Gasteiger partial charge on any atom is 0.343 e. The molecule has 31 heavy (non-hydrogen) atoms. The van der Waals surface area contributed by atoms with Gasteiger partial charge < -0.3 is 13.7 Å². The van der Waals surface area contributed by atoms with Gasteiger partial charge in [-0.15, -0.1) is 0 Å². The number of hydrogen-bond donors (Lipinski definition) is 0. The fourth-order valence-corrected chi connectivity index (χ4v) is 4.44. The zero-order valence-electron chi connectivity index (χ0n) is 19.6. The van der Waals surface area contributed by atoms with E-state index >= 15 is 0 Å². The molecule has 1 aromatic carbocycles. The Morgan fingerprint density at radius 2 is 1.87 bits per heavy atom. The number of nitrogens with zero attached hydrogens (tertiary/aromatic N) is 1. The molecule has 1 heterocycles. The van der Waals surface area contributed by atoms with Gasteiger partial charge in [-0.25, -0.2) is 9.18 Å². The molecule has 0 unspecified atom stereocenters. The van der Waals surface area contributed by atoms with Crippen molar-refractivity contribution in [1.82, 2.24) is 4.57 Å². The van der Waals surface area contributed by atoms with E-state index in [1.807, 2.05) is 13.8 Å². The van der Waals surface area contributed by atoms with E-state index in [0.29, 0.717) is 12.1 Å². The van der Waals surface area contributed by atoms with Crippen LogP contribution in [0.1, 0.15) is 57.9 Å². The van der Waals surface area contributed by atoms with Gasteiger partial charge in [-0.3, -0.25) is 4.79 Å². The summed E-state index contributed by atoms with van der Waals surface area (Å²) >= 11 is 3.15.